The molecule has 2 aromatic rings. The van der Waals surface area contributed by atoms with E-state index in [1.54, 1.807) is 30.3 Å². The van der Waals surface area contributed by atoms with Crippen molar-refractivity contribution in [2.75, 3.05) is 11.6 Å². The number of aryl methyl sites for hydroxylation is 1. The maximum atomic E-state index is 11.6. The number of nitrogens with one attached hydrogen (secondary N) is 1. The van der Waals surface area contributed by atoms with Crippen molar-refractivity contribution in [1.29, 1.82) is 5.26 Å². The Kier molecular flexibility index (Phi) is 4.13. The molecular weight excluding hydrogens is 336 g/mol. The van der Waals surface area contributed by atoms with Crippen LogP contribution < -0.4 is 5.32 Å². The van der Waals surface area contributed by atoms with Crippen molar-refractivity contribution in [2.24, 2.45) is 0 Å². The average molecular weight is 354 g/mol. The van der Waals surface area contributed by atoms with E-state index in [0.29, 0.717) is 12.1 Å². The highest BCUT2D eigenvalue weighted by molar-refractivity contribution is 7.90. The minimum absolute atomic E-state index is 0.138. The molecule has 6 heteroatoms. The monoisotopic (exact) mass is 354 g/mol. The van der Waals surface area contributed by atoms with E-state index in [1.807, 2.05) is 12.1 Å². The fraction of sp³-hybridized carbons (Fsp3) is 0.263. The molecule has 1 N–H and O–H groups in total. The lowest BCUT2D eigenvalue weighted by Gasteiger charge is -2.23. The maximum absolute atomic E-state index is 11.6. The van der Waals surface area contributed by atoms with Gasteiger partial charge in [0, 0.05) is 18.9 Å². The predicted octanol–water partition coefficient (Wildman–Crippen LogP) is 2.80. The quantitative estimate of drug-likeness (QED) is 0.918. The van der Waals surface area contributed by atoms with E-state index in [9.17, 15) is 18.5 Å². The molecular formula is C19H18N2O3S. The number of carbonyl (C=O) groups is 1. The van der Waals surface area contributed by atoms with Crippen LogP contribution in [0.25, 0.3) is 0 Å². The van der Waals surface area contributed by atoms with Gasteiger partial charge in [-0.3, -0.25) is 4.79 Å². The molecule has 0 heterocycles. The van der Waals surface area contributed by atoms with E-state index >= 15 is 0 Å². The molecule has 1 aliphatic rings. The van der Waals surface area contributed by atoms with E-state index in [1.165, 1.54) is 6.92 Å². The van der Waals surface area contributed by atoms with Crippen LogP contribution >= 0.6 is 0 Å². The first-order chi connectivity index (χ1) is 11.8. The third kappa shape index (κ3) is 3.03. The molecule has 0 aliphatic heterocycles. The van der Waals surface area contributed by atoms with Gasteiger partial charge in [0.05, 0.1) is 11.0 Å². The second-order valence-corrected chi connectivity index (χ2v) is 8.38. The Hall–Kier alpha value is -2.65. The molecule has 0 saturated heterocycles. The molecule has 0 fully saturated rings. The number of nitriles is 1. The number of sulfone groups is 1. The summed E-state index contributed by atoms with van der Waals surface area (Å²) in [5, 5.41) is 12.7. The van der Waals surface area contributed by atoms with Gasteiger partial charge in [0.15, 0.2) is 9.84 Å². The summed E-state index contributed by atoms with van der Waals surface area (Å²) in [4.78, 5) is 11.5. The van der Waals surface area contributed by atoms with Crippen molar-refractivity contribution in [3.05, 3.63) is 59.2 Å². The summed E-state index contributed by atoms with van der Waals surface area (Å²) in [7, 11) is -3.27. The number of hydrogen-bond donors (Lipinski definition) is 1. The second kappa shape index (κ2) is 6.01. The molecule has 0 aromatic heterocycles. The van der Waals surface area contributed by atoms with Crippen molar-refractivity contribution in [3.8, 4) is 6.07 Å². The average Bonchev–Trinajstić information content (AvgIpc) is 2.93. The number of benzene rings is 2. The van der Waals surface area contributed by atoms with Crippen molar-refractivity contribution < 1.29 is 13.2 Å². The molecule has 1 amide bonds. The van der Waals surface area contributed by atoms with Gasteiger partial charge < -0.3 is 5.32 Å². The van der Waals surface area contributed by atoms with Gasteiger partial charge in [-0.15, -0.1) is 0 Å². The molecule has 25 heavy (non-hydrogen) atoms. The van der Waals surface area contributed by atoms with Crippen LogP contribution in [0.15, 0.2) is 47.4 Å². The molecule has 1 aliphatic carbocycles. The van der Waals surface area contributed by atoms with Gasteiger partial charge >= 0.3 is 0 Å². The van der Waals surface area contributed by atoms with Gasteiger partial charge in [-0.1, -0.05) is 18.2 Å². The molecule has 2 aromatic carbocycles. The standard InChI is InChI=1S/C19H18N2O3S/c1-13(22)21-16-5-8-18-14(11-16)9-10-19(18,12-20)15-3-6-17(7-4-15)25(2,23)24/h3-8,11H,9-10H2,1-2H3,(H,21,22). The number of amides is 1. The predicted molar refractivity (Wildman–Crippen MR) is 95.0 cm³/mol. The van der Waals surface area contributed by atoms with Gasteiger partial charge in [0.25, 0.3) is 0 Å². The summed E-state index contributed by atoms with van der Waals surface area (Å²) in [5.74, 6) is -0.138. The number of hydrogen-bond acceptors (Lipinski definition) is 4. The Balaban J connectivity index is 2.05. The van der Waals surface area contributed by atoms with Crippen LogP contribution in [0.4, 0.5) is 5.69 Å². The first-order valence-corrected chi connectivity index (χ1v) is 9.78. The molecule has 1 unspecified atom stereocenters. The van der Waals surface area contributed by atoms with Gasteiger partial charge in [0.1, 0.15) is 5.41 Å². The summed E-state index contributed by atoms with van der Waals surface area (Å²) in [6, 6.07) is 14.5. The first-order valence-electron chi connectivity index (χ1n) is 7.89. The van der Waals surface area contributed by atoms with E-state index in [2.05, 4.69) is 11.4 Å². The maximum Gasteiger partial charge on any atom is 0.221 e. The lowest BCUT2D eigenvalue weighted by atomic mass is 9.77. The summed E-state index contributed by atoms with van der Waals surface area (Å²) < 4.78 is 23.3. The van der Waals surface area contributed by atoms with E-state index < -0.39 is 15.3 Å². The smallest absolute Gasteiger partial charge is 0.221 e. The van der Waals surface area contributed by atoms with Crippen LogP contribution in [-0.4, -0.2) is 20.6 Å². The minimum Gasteiger partial charge on any atom is -0.326 e. The van der Waals surface area contributed by atoms with E-state index in [0.717, 1.165) is 29.4 Å². The van der Waals surface area contributed by atoms with Crippen molar-refractivity contribution in [3.63, 3.8) is 0 Å². The van der Waals surface area contributed by atoms with Gasteiger partial charge in [-0.25, -0.2) is 8.42 Å². The molecule has 3 rings (SSSR count). The minimum atomic E-state index is -3.27. The Bertz CT molecular complexity index is 988. The number of fused-ring (bicyclic) bond motifs is 1. The molecule has 5 nitrogen and oxygen atoms in total. The van der Waals surface area contributed by atoms with Crippen molar-refractivity contribution in [1.82, 2.24) is 0 Å². The van der Waals surface area contributed by atoms with Crippen LogP contribution in [0.1, 0.15) is 30.0 Å². The lowest BCUT2D eigenvalue weighted by Crippen LogP contribution is -2.22. The zero-order valence-electron chi connectivity index (χ0n) is 14.0. The van der Waals surface area contributed by atoms with Crippen LogP contribution in [0.3, 0.4) is 0 Å². The Morgan fingerprint density at radius 1 is 1.20 bits per heavy atom. The van der Waals surface area contributed by atoms with Crippen molar-refractivity contribution >= 4 is 21.4 Å². The van der Waals surface area contributed by atoms with Crippen LogP contribution in [0.2, 0.25) is 0 Å². The SMILES string of the molecule is CC(=O)Nc1ccc2c(c1)CCC2(C#N)c1ccc(S(C)(=O)=O)cc1. The highest BCUT2D eigenvalue weighted by atomic mass is 32.2. The fourth-order valence-electron chi connectivity index (χ4n) is 3.42. The van der Waals surface area contributed by atoms with E-state index in [-0.39, 0.29) is 10.8 Å². The summed E-state index contributed by atoms with van der Waals surface area (Å²) in [6.07, 6.45) is 2.52. The van der Waals surface area contributed by atoms with Gasteiger partial charge in [0.2, 0.25) is 5.91 Å². The number of rotatable bonds is 3. The topological polar surface area (TPSA) is 87.0 Å². The lowest BCUT2D eigenvalue weighted by molar-refractivity contribution is -0.114. The molecule has 0 radical (unpaired) electrons. The normalized spacial score (nSPS) is 19.1. The third-order valence-electron chi connectivity index (χ3n) is 4.62. The molecule has 0 bridgehead atoms. The second-order valence-electron chi connectivity index (χ2n) is 6.37. The number of anilines is 1. The highest BCUT2D eigenvalue weighted by Crippen LogP contribution is 2.44. The molecule has 1 atom stereocenters. The fourth-order valence-corrected chi connectivity index (χ4v) is 4.05. The summed E-state index contributed by atoms with van der Waals surface area (Å²) in [6.45, 7) is 1.45. The number of carbonyl (C=O) groups excluding carboxylic acids is 1. The van der Waals surface area contributed by atoms with Crippen LogP contribution in [0.5, 0.6) is 0 Å². The zero-order valence-corrected chi connectivity index (χ0v) is 14.9. The first kappa shape index (κ1) is 17.2. The Morgan fingerprint density at radius 2 is 1.88 bits per heavy atom. The van der Waals surface area contributed by atoms with Crippen LogP contribution in [-0.2, 0) is 26.5 Å². The van der Waals surface area contributed by atoms with Gasteiger partial charge in [-0.05, 0) is 53.8 Å². The third-order valence-corrected chi connectivity index (χ3v) is 5.75. The van der Waals surface area contributed by atoms with Crippen LogP contribution in [0, 0.1) is 11.3 Å². The summed E-state index contributed by atoms with van der Waals surface area (Å²) >= 11 is 0. The Labute approximate surface area is 147 Å². The van der Waals surface area contributed by atoms with Gasteiger partial charge in [-0.2, -0.15) is 5.26 Å². The van der Waals surface area contributed by atoms with E-state index in [4.69, 9.17) is 0 Å². The largest absolute Gasteiger partial charge is 0.326 e. The highest BCUT2D eigenvalue weighted by Gasteiger charge is 2.40. The number of nitrogens with zero attached hydrogens (tertiary/aromatic N) is 1. The molecule has 0 saturated carbocycles. The zero-order chi connectivity index (χ0) is 18.2. The molecule has 128 valence electrons. The Morgan fingerprint density at radius 3 is 2.44 bits per heavy atom. The summed E-state index contributed by atoms with van der Waals surface area (Å²) in [5.41, 5.74) is 2.65. The van der Waals surface area contributed by atoms with Crippen molar-refractivity contribution in [2.45, 2.75) is 30.1 Å². The molecule has 0 spiro atoms.